The van der Waals surface area contributed by atoms with Gasteiger partial charge in [-0.25, -0.2) is 4.39 Å². The van der Waals surface area contributed by atoms with Gasteiger partial charge < -0.3 is 9.64 Å². The number of nitrogens with zero attached hydrogens (tertiary/aromatic N) is 1. The number of halogens is 1. The second-order valence-electron chi connectivity index (χ2n) is 8.11. The molecule has 0 saturated heterocycles. The molecule has 1 aliphatic rings. The van der Waals surface area contributed by atoms with Crippen molar-refractivity contribution in [3.05, 3.63) is 58.9 Å². The molecule has 0 spiro atoms. The van der Waals surface area contributed by atoms with E-state index in [9.17, 15) is 9.18 Å². The van der Waals surface area contributed by atoms with Crippen LogP contribution in [0.2, 0.25) is 0 Å². The largest absolute Gasteiger partial charge is 0.487 e. The van der Waals surface area contributed by atoms with Crippen molar-refractivity contribution in [3.63, 3.8) is 0 Å². The number of carbonyl (C=O) groups excluding carboxylic acids is 1. The van der Waals surface area contributed by atoms with Crippen molar-refractivity contribution in [2.75, 3.05) is 7.05 Å². The minimum absolute atomic E-state index is 0.00359. The second kappa shape index (κ2) is 7.00. The first-order valence-corrected chi connectivity index (χ1v) is 9.53. The average Bonchev–Trinajstić information content (AvgIpc) is 2.94. The number of amides is 1. The molecule has 0 aliphatic carbocycles. The van der Waals surface area contributed by atoms with Gasteiger partial charge in [-0.1, -0.05) is 41.9 Å². The fourth-order valence-electron chi connectivity index (χ4n) is 3.67. The van der Waals surface area contributed by atoms with Gasteiger partial charge in [0.25, 0.3) is 0 Å². The predicted molar refractivity (Wildman–Crippen MR) is 114 cm³/mol. The third kappa shape index (κ3) is 3.46. The molecular weight excluding hydrogens is 372 g/mol. The van der Waals surface area contributed by atoms with E-state index in [4.69, 9.17) is 24.8 Å². The molecule has 2 radical (unpaired) electrons. The number of thiocarbonyl (C=S) groups is 1. The summed E-state index contributed by atoms with van der Waals surface area (Å²) in [4.78, 5) is 15.4. The molecule has 1 unspecified atom stereocenters. The van der Waals surface area contributed by atoms with Crippen molar-refractivity contribution in [1.29, 1.82) is 0 Å². The van der Waals surface area contributed by atoms with Crippen LogP contribution in [0.25, 0.3) is 0 Å². The summed E-state index contributed by atoms with van der Waals surface area (Å²) in [5.41, 5.74) is 1.06. The standard InChI is InChI=1S/C22H23BFNO2S/c1-13(28)25(5)20(26)22(4,16-6-8-18(24)17(23)11-16)15-7-9-19-14(10-15)12-21(2,3)27-19/h6-11H,12H2,1-5H3. The molecule has 1 heterocycles. The molecule has 1 aliphatic heterocycles. The van der Waals surface area contributed by atoms with Crippen LogP contribution in [0.1, 0.15) is 44.4 Å². The highest BCUT2D eigenvalue weighted by molar-refractivity contribution is 7.80. The summed E-state index contributed by atoms with van der Waals surface area (Å²) in [6, 6.07) is 10.2. The Morgan fingerprint density at radius 3 is 2.46 bits per heavy atom. The van der Waals surface area contributed by atoms with E-state index in [0.717, 1.165) is 23.3 Å². The topological polar surface area (TPSA) is 29.5 Å². The Morgan fingerprint density at radius 2 is 1.86 bits per heavy atom. The quantitative estimate of drug-likeness (QED) is 0.589. The number of carbonyl (C=O) groups is 1. The van der Waals surface area contributed by atoms with Gasteiger partial charge in [-0.15, -0.1) is 0 Å². The van der Waals surface area contributed by atoms with Crippen molar-refractivity contribution in [2.24, 2.45) is 0 Å². The molecule has 28 heavy (non-hydrogen) atoms. The Hall–Kier alpha value is -2.21. The Morgan fingerprint density at radius 1 is 1.25 bits per heavy atom. The van der Waals surface area contributed by atoms with E-state index in [1.807, 2.05) is 39.0 Å². The van der Waals surface area contributed by atoms with Gasteiger partial charge >= 0.3 is 0 Å². The van der Waals surface area contributed by atoms with E-state index in [-0.39, 0.29) is 17.0 Å². The number of rotatable bonds is 3. The third-order valence-electron chi connectivity index (χ3n) is 5.42. The van der Waals surface area contributed by atoms with Crippen LogP contribution in [0, 0.1) is 5.82 Å². The summed E-state index contributed by atoms with van der Waals surface area (Å²) < 4.78 is 19.7. The van der Waals surface area contributed by atoms with Gasteiger partial charge in [-0.3, -0.25) is 4.79 Å². The average molecular weight is 395 g/mol. The zero-order chi connectivity index (χ0) is 20.9. The van der Waals surface area contributed by atoms with Gasteiger partial charge in [-0.2, -0.15) is 0 Å². The Labute approximate surface area is 172 Å². The van der Waals surface area contributed by atoms with Gasteiger partial charge in [0.15, 0.2) is 0 Å². The molecular formula is C22H23BFNO2S. The Bertz CT molecular complexity index is 975. The lowest BCUT2D eigenvalue weighted by Crippen LogP contribution is -2.46. The SMILES string of the molecule is [B]c1cc(C(C)(C(=O)N(C)C(C)=S)c2ccc3c(c2)CC(C)(C)O3)ccc1F. The van der Waals surface area contributed by atoms with E-state index in [0.29, 0.717) is 10.6 Å². The monoisotopic (exact) mass is 395 g/mol. The molecule has 1 atom stereocenters. The highest BCUT2D eigenvalue weighted by atomic mass is 32.1. The van der Waals surface area contributed by atoms with Crippen molar-refractivity contribution in [1.82, 2.24) is 4.90 Å². The summed E-state index contributed by atoms with van der Waals surface area (Å²) in [7, 11) is 7.46. The van der Waals surface area contributed by atoms with Crippen LogP contribution in [0.5, 0.6) is 5.75 Å². The summed E-state index contributed by atoms with van der Waals surface area (Å²) >= 11 is 5.22. The lowest BCUT2D eigenvalue weighted by Gasteiger charge is -2.34. The van der Waals surface area contributed by atoms with Crippen LogP contribution < -0.4 is 10.2 Å². The van der Waals surface area contributed by atoms with Gasteiger partial charge in [0.05, 0.1) is 10.4 Å². The van der Waals surface area contributed by atoms with Crippen LogP contribution in [-0.2, 0) is 16.6 Å². The van der Waals surface area contributed by atoms with E-state index >= 15 is 0 Å². The smallest absolute Gasteiger partial charge is 0.241 e. The zero-order valence-corrected chi connectivity index (χ0v) is 17.6. The molecule has 144 valence electrons. The Balaban J connectivity index is 2.19. The predicted octanol–water partition coefficient (Wildman–Crippen LogP) is 3.44. The number of hydrogen-bond donors (Lipinski definition) is 0. The van der Waals surface area contributed by atoms with E-state index in [2.05, 4.69) is 0 Å². The molecule has 6 heteroatoms. The molecule has 0 fully saturated rings. The van der Waals surface area contributed by atoms with Gasteiger partial charge in [0.2, 0.25) is 5.91 Å². The number of fused-ring (bicyclic) bond motifs is 1. The molecule has 1 amide bonds. The molecule has 0 aromatic heterocycles. The highest BCUT2D eigenvalue weighted by Crippen LogP contribution is 2.40. The molecule has 0 saturated carbocycles. The first-order chi connectivity index (χ1) is 13.0. The maximum atomic E-state index is 13.8. The fraction of sp³-hybridized carbons (Fsp3) is 0.364. The van der Waals surface area contributed by atoms with Gasteiger partial charge in [0, 0.05) is 13.5 Å². The number of likely N-dealkylation sites (N-methyl/N-ethyl adjacent to an activating group) is 1. The minimum atomic E-state index is -1.08. The van der Waals surface area contributed by atoms with Crippen molar-refractivity contribution >= 4 is 36.4 Å². The van der Waals surface area contributed by atoms with Gasteiger partial charge in [-0.05, 0) is 56.5 Å². The molecule has 0 N–H and O–H groups in total. The molecule has 2 aromatic rings. The Kier molecular flexibility index (Phi) is 5.13. The molecule has 3 nitrogen and oxygen atoms in total. The molecule has 0 bridgehead atoms. The van der Waals surface area contributed by atoms with E-state index in [1.165, 1.54) is 17.0 Å². The molecule has 2 aromatic carbocycles. The number of hydrogen-bond acceptors (Lipinski definition) is 3. The fourth-order valence-corrected chi connectivity index (χ4v) is 3.75. The van der Waals surface area contributed by atoms with E-state index in [1.54, 1.807) is 20.0 Å². The second-order valence-corrected chi connectivity index (χ2v) is 8.70. The van der Waals surface area contributed by atoms with Crippen LogP contribution >= 0.6 is 12.2 Å². The number of benzene rings is 2. The zero-order valence-electron chi connectivity index (χ0n) is 16.8. The normalized spacial score (nSPS) is 16.6. The van der Waals surface area contributed by atoms with Crippen molar-refractivity contribution < 1.29 is 13.9 Å². The lowest BCUT2D eigenvalue weighted by atomic mass is 9.73. The van der Waals surface area contributed by atoms with Crippen LogP contribution in [-0.4, -0.2) is 36.3 Å². The third-order valence-corrected chi connectivity index (χ3v) is 5.69. The molecule has 3 rings (SSSR count). The first-order valence-electron chi connectivity index (χ1n) is 9.12. The number of ether oxygens (including phenoxy) is 1. The van der Waals surface area contributed by atoms with Crippen molar-refractivity contribution in [3.8, 4) is 5.75 Å². The first kappa shape index (κ1) is 20.5. The maximum absolute atomic E-state index is 13.8. The summed E-state index contributed by atoms with van der Waals surface area (Å²) in [5, 5.41) is 0. The van der Waals surface area contributed by atoms with Crippen LogP contribution in [0.3, 0.4) is 0 Å². The summed E-state index contributed by atoms with van der Waals surface area (Å²) in [5.74, 6) is 0.104. The summed E-state index contributed by atoms with van der Waals surface area (Å²) in [6.45, 7) is 7.58. The maximum Gasteiger partial charge on any atom is 0.241 e. The minimum Gasteiger partial charge on any atom is -0.487 e. The van der Waals surface area contributed by atoms with Crippen LogP contribution in [0.15, 0.2) is 36.4 Å². The van der Waals surface area contributed by atoms with Crippen molar-refractivity contribution in [2.45, 2.75) is 45.1 Å². The summed E-state index contributed by atoms with van der Waals surface area (Å²) in [6.07, 6.45) is 0.744. The highest BCUT2D eigenvalue weighted by Gasteiger charge is 2.41. The van der Waals surface area contributed by atoms with Crippen LogP contribution in [0.4, 0.5) is 4.39 Å². The van der Waals surface area contributed by atoms with Gasteiger partial charge in [0.1, 0.15) is 25.0 Å². The van der Waals surface area contributed by atoms with E-state index < -0.39 is 11.2 Å². The lowest BCUT2D eigenvalue weighted by molar-refractivity contribution is -0.130.